The summed E-state index contributed by atoms with van der Waals surface area (Å²) in [4.78, 5) is 11.0. The number of amidine groups is 1. The third-order valence-corrected chi connectivity index (χ3v) is 5.32. The normalized spacial score (nSPS) is 18.7. The predicted octanol–water partition coefficient (Wildman–Crippen LogP) is 6.33. The van der Waals surface area contributed by atoms with E-state index in [-0.39, 0.29) is 12.4 Å². The lowest BCUT2D eigenvalue weighted by Crippen LogP contribution is -2.37. The van der Waals surface area contributed by atoms with E-state index in [1.807, 2.05) is 30.0 Å². The maximum atomic E-state index is 7.19. The first kappa shape index (κ1) is 21.9. The minimum Gasteiger partial charge on any atom is -0.347 e. The van der Waals surface area contributed by atoms with Crippen LogP contribution in [-0.2, 0) is 6.42 Å². The second-order valence-corrected chi connectivity index (χ2v) is 8.30. The predicted molar refractivity (Wildman–Crippen MR) is 114 cm³/mol. The Kier molecular flexibility index (Phi) is 8.82. The molecule has 0 amide bonds. The molecule has 0 spiro atoms. The number of hydrogen-bond acceptors (Lipinski definition) is 2. The molecule has 1 aliphatic heterocycles. The molecular formula is C20H30ClN3S. The van der Waals surface area contributed by atoms with Crippen LogP contribution < -0.4 is 0 Å². The second-order valence-electron chi connectivity index (χ2n) is 7.31. The Morgan fingerprint density at radius 3 is 2.56 bits per heavy atom. The highest BCUT2D eigenvalue weighted by atomic mass is 35.5. The topological polar surface area (TPSA) is 20.0 Å². The molecule has 5 heteroatoms. The molecule has 1 aliphatic rings. The molecule has 0 N–H and O–H groups in total. The molecule has 138 valence electrons. The lowest BCUT2D eigenvalue weighted by atomic mass is 10.0. The van der Waals surface area contributed by atoms with Crippen LogP contribution in [0.3, 0.4) is 0 Å². The minimum atomic E-state index is 0. The molecule has 1 fully saturated rings. The Balaban J connectivity index is 0.00000312. The van der Waals surface area contributed by atoms with Gasteiger partial charge in [-0.05, 0) is 36.3 Å². The lowest BCUT2D eigenvalue weighted by Gasteiger charge is -2.29. The van der Waals surface area contributed by atoms with Gasteiger partial charge in [-0.15, -0.1) is 12.4 Å². The SMILES string of the molecule is Cl.[C-]#[N+]c1ccc(N=C2SC[C@H](CC(C)C)N2CC(C)C)c(CC)c1. The molecule has 0 bridgehead atoms. The quantitative estimate of drug-likeness (QED) is 0.538. The highest BCUT2D eigenvalue weighted by molar-refractivity contribution is 8.14. The van der Waals surface area contributed by atoms with Crippen LogP contribution in [0.4, 0.5) is 11.4 Å². The average molecular weight is 380 g/mol. The van der Waals surface area contributed by atoms with Crippen molar-refractivity contribution < 1.29 is 0 Å². The first-order chi connectivity index (χ1) is 11.4. The number of halogens is 1. The summed E-state index contributed by atoms with van der Waals surface area (Å²) < 4.78 is 0. The van der Waals surface area contributed by atoms with Crippen molar-refractivity contribution in [2.24, 2.45) is 16.8 Å². The van der Waals surface area contributed by atoms with Crippen LogP contribution in [0.1, 0.15) is 46.6 Å². The highest BCUT2D eigenvalue weighted by Crippen LogP contribution is 2.33. The van der Waals surface area contributed by atoms with Gasteiger partial charge >= 0.3 is 0 Å². The zero-order chi connectivity index (χ0) is 17.7. The molecule has 1 aromatic rings. The largest absolute Gasteiger partial charge is 0.347 e. The van der Waals surface area contributed by atoms with Crippen molar-refractivity contribution >= 4 is 40.7 Å². The number of benzene rings is 1. The molecule has 1 atom stereocenters. The molecule has 0 aromatic heterocycles. The summed E-state index contributed by atoms with van der Waals surface area (Å²) in [7, 11) is 0. The van der Waals surface area contributed by atoms with Crippen molar-refractivity contribution in [3.63, 3.8) is 0 Å². The Morgan fingerprint density at radius 1 is 1.28 bits per heavy atom. The summed E-state index contributed by atoms with van der Waals surface area (Å²) in [6.07, 6.45) is 2.12. The van der Waals surface area contributed by atoms with Crippen LogP contribution in [0.25, 0.3) is 4.85 Å². The van der Waals surface area contributed by atoms with E-state index < -0.39 is 0 Å². The summed E-state index contributed by atoms with van der Waals surface area (Å²) in [5.41, 5.74) is 2.88. The van der Waals surface area contributed by atoms with Gasteiger partial charge in [0, 0.05) is 18.3 Å². The molecular weight excluding hydrogens is 350 g/mol. The fraction of sp³-hybridized carbons (Fsp3) is 0.600. The molecule has 3 nitrogen and oxygen atoms in total. The van der Waals surface area contributed by atoms with Crippen LogP contribution in [-0.4, -0.2) is 28.4 Å². The monoisotopic (exact) mass is 379 g/mol. The summed E-state index contributed by atoms with van der Waals surface area (Å²) in [6.45, 7) is 19.5. The molecule has 1 aromatic carbocycles. The number of rotatable bonds is 6. The van der Waals surface area contributed by atoms with E-state index in [9.17, 15) is 0 Å². The molecule has 1 heterocycles. The van der Waals surface area contributed by atoms with Gasteiger partial charge in [0.25, 0.3) is 0 Å². The fourth-order valence-electron chi connectivity index (χ4n) is 3.09. The van der Waals surface area contributed by atoms with Crippen LogP contribution in [0.15, 0.2) is 23.2 Å². The molecule has 2 rings (SSSR count). The number of hydrogen-bond donors (Lipinski definition) is 0. The molecule has 0 saturated carbocycles. The van der Waals surface area contributed by atoms with E-state index in [2.05, 4.69) is 44.4 Å². The fourth-order valence-corrected chi connectivity index (χ4v) is 4.30. The zero-order valence-electron chi connectivity index (χ0n) is 16.0. The molecule has 25 heavy (non-hydrogen) atoms. The van der Waals surface area contributed by atoms with E-state index in [0.29, 0.717) is 23.6 Å². The summed E-state index contributed by atoms with van der Waals surface area (Å²) >= 11 is 1.88. The van der Waals surface area contributed by atoms with Gasteiger partial charge in [-0.25, -0.2) is 9.84 Å². The molecule has 1 saturated heterocycles. The van der Waals surface area contributed by atoms with Gasteiger partial charge in [0.05, 0.1) is 12.3 Å². The van der Waals surface area contributed by atoms with Gasteiger partial charge in [-0.3, -0.25) is 0 Å². The zero-order valence-corrected chi connectivity index (χ0v) is 17.6. The van der Waals surface area contributed by atoms with Crippen LogP contribution in [0.2, 0.25) is 0 Å². The van der Waals surface area contributed by atoms with Gasteiger partial charge in [-0.1, -0.05) is 58.5 Å². The van der Waals surface area contributed by atoms with E-state index in [4.69, 9.17) is 11.6 Å². The number of aliphatic imine (C=N–C) groups is 1. The first-order valence-electron chi connectivity index (χ1n) is 8.93. The van der Waals surface area contributed by atoms with Crippen molar-refractivity contribution in [2.75, 3.05) is 12.3 Å². The Bertz CT molecular complexity index is 634. The average Bonchev–Trinajstić information content (AvgIpc) is 2.88. The van der Waals surface area contributed by atoms with Crippen molar-refractivity contribution in [2.45, 2.75) is 53.5 Å². The van der Waals surface area contributed by atoms with E-state index in [1.54, 1.807) is 0 Å². The maximum absolute atomic E-state index is 7.19. The van der Waals surface area contributed by atoms with Crippen molar-refractivity contribution in [3.05, 3.63) is 35.2 Å². The molecule has 0 aliphatic carbocycles. The first-order valence-corrected chi connectivity index (χ1v) is 9.91. The summed E-state index contributed by atoms with van der Waals surface area (Å²) in [6, 6.07) is 6.44. The number of aryl methyl sites for hydroxylation is 1. The second kappa shape index (κ2) is 10.1. The van der Waals surface area contributed by atoms with Crippen LogP contribution in [0, 0.1) is 18.4 Å². The third kappa shape index (κ3) is 5.94. The minimum absolute atomic E-state index is 0. The van der Waals surface area contributed by atoms with Crippen LogP contribution in [0.5, 0.6) is 0 Å². The van der Waals surface area contributed by atoms with Crippen LogP contribution >= 0.6 is 24.2 Å². The number of nitrogens with zero attached hydrogens (tertiary/aromatic N) is 3. The van der Waals surface area contributed by atoms with Crippen molar-refractivity contribution in [3.8, 4) is 0 Å². The van der Waals surface area contributed by atoms with E-state index >= 15 is 0 Å². The Morgan fingerprint density at radius 2 is 2.00 bits per heavy atom. The third-order valence-electron chi connectivity index (χ3n) is 4.19. The Hall–Kier alpha value is -1.18. The van der Waals surface area contributed by atoms with E-state index in [0.717, 1.165) is 35.1 Å². The summed E-state index contributed by atoms with van der Waals surface area (Å²) in [5, 5.41) is 1.15. The summed E-state index contributed by atoms with van der Waals surface area (Å²) in [5.74, 6) is 2.46. The van der Waals surface area contributed by atoms with Gasteiger partial charge in [-0.2, -0.15) is 0 Å². The van der Waals surface area contributed by atoms with Gasteiger partial charge in [0.1, 0.15) is 0 Å². The smallest absolute Gasteiger partial charge is 0.187 e. The Labute approximate surface area is 163 Å². The standard InChI is InChI=1S/C20H29N3S.ClH/c1-7-16-11-17(21-6)8-9-19(16)22-20-23(12-15(4)5)18(13-24-20)10-14(2)3;/h8-9,11,14-15,18H,7,10,12-13H2,1-5H3;1H/t18-;/m0./s1. The van der Waals surface area contributed by atoms with Gasteiger partial charge in [0.15, 0.2) is 10.9 Å². The lowest BCUT2D eigenvalue weighted by molar-refractivity contribution is 0.279. The van der Waals surface area contributed by atoms with Crippen molar-refractivity contribution in [1.29, 1.82) is 0 Å². The molecule has 0 unspecified atom stereocenters. The van der Waals surface area contributed by atoms with Crippen molar-refractivity contribution in [1.82, 2.24) is 4.90 Å². The highest BCUT2D eigenvalue weighted by Gasteiger charge is 2.31. The maximum Gasteiger partial charge on any atom is 0.187 e. The molecule has 0 radical (unpaired) electrons. The number of thioether (sulfide) groups is 1. The van der Waals surface area contributed by atoms with Gasteiger partial charge in [0.2, 0.25) is 0 Å². The van der Waals surface area contributed by atoms with E-state index in [1.165, 1.54) is 6.42 Å². The van der Waals surface area contributed by atoms with Gasteiger partial charge < -0.3 is 4.90 Å².